The Labute approximate surface area is 160 Å². The molecule has 27 heavy (non-hydrogen) atoms. The largest absolute Gasteiger partial charge is 0.326 e. The van der Waals surface area contributed by atoms with E-state index in [1.54, 1.807) is 0 Å². The number of unbranched alkanes of at least 4 members (excludes halogenated alkanes) is 1. The highest BCUT2D eigenvalue weighted by atomic mass is 15.5. The summed E-state index contributed by atoms with van der Waals surface area (Å²) in [5, 5.41) is 16.1. The lowest BCUT2D eigenvalue weighted by Crippen LogP contribution is -2.26. The lowest BCUT2D eigenvalue weighted by Gasteiger charge is -2.19. The molecule has 1 unspecified atom stereocenters. The molecule has 0 aliphatic carbocycles. The molecule has 0 amide bonds. The van der Waals surface area contributed by atoms with Crippen LogP contribution in [0.1, 0.15) is 53.9 Å². The van der Waals surface area contributed by atoms with Gasteiger partial charge in [0, 0.05) is 19.6 Å². The summed E-state index contributed by atoms with van der Waals surface area (Å²) in [4.78, 5) is 0. The Bertz CT molecular complexity index is 840. The van der Waals surface area contributed by atoms with Gasteiger partial charge in [-0.15, -0.1) is 5.10 Å². The number of aromatic nitrogens is 4. The van der Waals surface area contributed by atoms with Crippen molar-refractivity contribution in [1.29, 1.82) is 0 Å². The van der Waals surface area contributed by atoms with Crippen molar-refractivity contribution in [2.45, 2.75) is 52.4 Å². The highest BCUT2D eigenvalue weighted by Gasteiger charge is 2.20. The molecule has 6 heteroatoms. The van der Waals surface area contributed by atoms with Crippen LogP contribution in [0.3, 0.4) is 0 Å². The summed E-state index contributed by atoms with van der Waals surface area (Å²) in [6, 6.07) is 16.8. The van der Waals surface area contributed by atoms with Gasteiger partial charge < -0.3 is 5.73 Å². The quantitative estimate of drug-likeness (QED) is 0.610. The molecule has 6 nitrogen and oxygen atoms in total. The second-order valence-corrected chi connectivity index (χ2v) is 6.86. The Kier molecular flexibility index (Phi) is 6.68. The van der Waals surface area contributed by atoms with Gasteiger partial charge in [0.25, 0.3) is 0 Å². The molecule has 0 saturated heterocycles. The van der Waals surface area contributed by atoms with Gasteiger partial charge in [0.2, 0.25) is 0 Å². The summed E-state index contributed by atoms with van der Waals surface area (Å²) < 4.78 is 1.91. The molecular formula is C21H28N6. The van der Waals surface area contributed by atoms with Crippen LogP contribution in [-0.4, -0.2) is 20.2 Å². The van der Waals surface area contributed by atoms with E-state index in [0.29, 0.717) is 13.1 Å². The predicted molar refractivity (Wildman–Crippen MR) is 107 cm³/mol. The molecule has 0 aliphatic heterocycles. The Balaban J connectivity index is 1.86. The standard InChI is InChI=1S/C21H28N6/c1-3-4-12-27-21(24-25-26-27)20(19-10-8-16(2)9-11-19)23-15-18-7-5-6-17(13-18)14-22/h5-11,13,20,23H,3-4,12,14-15,22H2,1-2H3. The van der Waals surface area contributed by atoms with E-state index >= 15 is 0 Å². The van der Waals surface area contributed by atoms with Crippen molar-refractivity contribution >= 4 is 0 Å². The maximum Gasteiger partial charge on any atom is 0.172 e. The minimum atomic E-state index is -0.0704. The number of rotatable bonds is 9. The van der Waals surface area contributed by atoms with Crippen molar-refractivity contribution in [3.63, 3.8) is 0 Å². The van der Waals surface area contributed by atoms with Gasteiger partial charge >= 0.3 is 0 Å². The molecule has 0 aliphatic rings. The minimum absolute atomic E-state index is 0.0704. The number of hydrogen-bond acceptors (Lipinski definition) is 5. The van der Waals surface area contributed by atoms with Crippen LogP contribution < -0.4 is 11.1 Å². The van der Waals surface area contributed by atoms with Crippen LogP contribution in [0.4, 0.5) is 0 Å². The molecule has 1 atom stereocenters. The average molecular weight is 364 g/mol. The van der Waals surface area contributed by atoms with Gasteiger partial charge in [0.1, 0.15) is 0 Å². The molecule has 0 saturated carbocycles. The van der Waals surface area contributed by atoms with Gasteiger partial charge in [-0.25, -0.2) is 4.68 Å². The maximum atomic E-state index is 5.77. The number of aryl methyl sites for hydroxylation is 2. The summed E-state index contributed by atoms with van der Waals surface area (Å²) in [6.45, 7) is 6.35. The van der Waals surface area contributed by atoms with Crippen LogP contribution in [0, 0.1) is 6.92 Å². The second kappa shape index (κ2) is 9.39. The lowest BCUT2D eigenvalue weighted by molar-refractivity contribution is 0.488. The number of benzene rings is 2. The van der Waals surface area contributed by atoms with E-state index in [4.69, 9.17) is 5.73 Å². The highest BCUT2D eigenvalue weighted by Crippen LogP contribution is 2.21. The third kappa shape index (κ3) is 4.99. The number of nitrogens with one attached hydrogen (secondary N) is 1. The van der Waals surface area contributed by atoms with Gasteiger partial charge in [0.05, 0.1) is 6.04 Å². The van der Waals surface area contributed by atoms with Gasteiger partial charge in [0.15, 0.2) is 5.82 Å². The topological polar surface area (TPSA) is 81.7 Å². The fraction of sp³-hybridized carbons (Fsp3) is 0.381. The minimum Gasteiger partial charge on any atom is -0.326 e. The first-order valence-electron chi connectivity index (χ1n) is 9.55. The molecule has 3 aromatic rings. The van der Waals surface area contributed by atoms with E-state index in [-0.39, 0.29) is 6.04 Å². The molecule has 1 aromatic heterocycles. The third-order valence-corrected chi connectivity index (χ3v) is 4.69. The van der Waals surface area contributed by atoms with E-state index in [9.17, 15) is 0 Å². The van der Waals surface area contributed by atoms with Crippen LogP contribution in [0.15, 0.2) is 48.5 Å². The van der Waals surface area contributed by atoms with Crippen molar-refractivity contribution in [3.05, 3.63) is 76.6 Å². The van der Waals surface area contributed by atoms with Crippen LogP contribution in [0.5, 0.6) is 0 Å². The monoisotopic (exact) mass is 364 g/mol. The Morgan fingerprint density at radius 1 is 1.11 bits per heavy atom. The van der Waals surface area contributed by atoms with E-state index in [2.05, 4.69) is 71.1 Å². The zero-order valence-electron chi connectivity index (χ0n) is 16.1. The zero-order chi connectivity index (χ0) is 19.1. The molecule has 0 fully saturated rings. The molecule has 3 N–H and O–H groups in total. The second-order valence-electron chi connectivity index (χ2n) is 6.86. The Morgan fingerprint density at radius 2 is 1.89 bits per heavy atom. The molecule has 3 rings (SSSR count). The Morgan fingerprint density at radius 3 is 2.63 bits per heavy atom. The molecule has 0 bridgehead atoms. The molecule has 0 spiro atoms. The van der Waals surface area contributed by atoms with Crippen LogP contribution >= 0.6 is 0 Å². The van der Waals surface area contributed by atoms with E-state index in [1.807, 2.05) is 16.8 Å². The number of nitrogens with zero attached hydrogens (tertiary/aromatic N) is 4. The first kappa shape index (κ1) is 19.2. The maximum absolute atomic E-state index is 5.77. The molecule has 0 radical (unpaired) electrons. The summed E-state index contributed by atoms with van der Waals surface area (Å²) in [6.07, 6.45) is 2.16. The summed E-state index contributed by atoms with van der Waals surface area (Å²) in [5.41, 5.74) is 10.5. The van der Waals surface area contributed by atoms with Crippen molar-refractivity contribution in [1.82, 2.24) is 25.5 Å². The van der Waals surface area contributed by atoms with Crippen molar-refractivity contribution in [2.24, 2.45) is 5.73 Å². The van der Waals surface area contributed by atoms with Gasteiger partial charge in [-0.2, -0.15) is 0 Å². The van der Waals surface area contributed by atoms with Crippen molar-refractivity contribution < 1.29 is 0 Å². The van der Waals surface area contributed by atoms with Crippen molar-refractivity contribution in [3.8, 4) is 0 Å². The number of nitrogens with two attached hydrogens (primary N) is 1. The average Bonchev–Trinajstić information content (AvgIpc) is 3.16. The molecule has 2 aromatic carbocycles. The first-order chi connectivity index (χ1) is 13.2. The van der Waals surface area contributed by atoms with E-state index in [1.165, 1.54) is 11.1 Å². The third-order valence-electron chi connectivity index (χ3n) is 4.69. The van der Waals surface area contributed by atoms with Crippen LogP contribution in [-0.2, 0) is 19.6 Å². The summed E-state index contributed by atoms with van der Waals surface area (Å²) in [7, 11) is 0. The summed E-state index contributed by atoms with van der Waals surface area (Å²) >= 11 is 0. The normalized spacial score (nSPS) is 12.3. The smallest absolute Gasteiger partial charge is 0.172 e. The zero-order valence-corrected chi connectivity index (χ0v) is 16.1. The Hall–Kier alpha value is -2.57. The first-order valence-corrected chi connectivity index (χ1v) is 9.55. The molecular weight excluding hydrogens is 336 g/mol. The van der Waals surface area contributed by atoms with E-state index < -0.39 is 0 Å². The van der Waals surface area contributed by atoms with Gasteiger partial charge in [-0.3, -0.25) is 5.32 Å². The lowest BCUT2D eigenvalue weighted by atomic mass is 10.0. The SMILES string of the molecule is CCCCn1nnnc1C(NCc1cccc(CN)c1)c1ccc(C)cc1. The van der Waals surface area contributed by atoms with Crippen LogP contribution in [0.25, 0.3) is 0 Å². The molecule has 1 heterocycles. The van der Waals surface area contributed by atoms with E-state index in [0.717, 1.165) is 36.3 Å². The summed E-state index contributed by atoms with van der Waals surface area (Å²) in [5.74, 6) is 0.849. The fourth-order valence-corrected chi connectivity index (χ4v) is 3.09. The molecule has 142 valence electrons. The number of tetrazole rings is 1. The van der Waals surface area contributed by atoms with Gasteiger partial charge in [-0.1, -0.05) is 67.4 Å². The van der Waals surface area contributed by atoms with Crippen LogP contribution in [0.2, 0.25) is 0 Å². The predicted octanol–water partition coefficient (Wildman–Crippen LogP) is 3.12. The highest BCUT2D eigenvalue weighted by molar-refractivity contribution is 5.29. The van der Waals surface area contributed by atoms with Crippen molar-refractivity contribution in [2.75, 3.05) is 0 Å². The van der Waals surface area contributed by atoms with Gasteiger partial charge in [-0.05, 0) is 40.5 Å². The fourth-order valence-electron chi connectivity index (χ4n) is 3.09. The number of hydrogen-bond donors (Lipinski definition) is 2.